The Morgan fingerprint density at radius 3 is 2.93 bits per heavy atom. The number of carbonyl (C=O) groups is 1. The molecule has 3 aliphatic rings. The Morgan fingerprint density at radius 1 is 1.27 bits per heavy atom. The zero-order chi connectivity index (χ0) is 10.5. The van der Waals surface area contributed by atoms with Crippen LogP contribution in [0, 0.1) is 17.8 Å². The fraction of sp³-hybridized carbons (Fsp3) is 0.923. The van der Waals surface area contributed by atoms with E-state index >= 15 is 0 Å². The van der Waals surface area contributed by atoms with Crippen LogP contribution in [0.25, 0.3) is 0 Å². The van der Waals surface area contributed by atoms with E-state index < -0.39 is 0 Å². The van der Waals surface area contributed by atoms with E-state index in [0.29, 0.717) is 0 Å². The molecule has 84 valence electrons. The Morgan fingerprint density at radius 2 is 2.13 bits per heavy atom. The molecule has 0 aliphatic heterocycles. The molecule has 0 saturated heterocycles. The summed E-state index contributed by atoms with van der Waals surface area (Å²) in [7, 11) is 0. The molecule has 0 radical (unpaired) electrons. The van der Waals surface area contributed by atoms with E-state index in [1.165, 1.54) is 44.9 Å². The summed E-state index contributed by atoms with van der Waals surface area (Å²) in [6.07, 6.45) is 9.45. The minimum absolute atomic E-state index is 0.181. The van der Waals surface area contributed by atoms with Gasteiger partial charge in [-0.1, -0.05) is 12.8 Å². The average Bonchev–Trinajstić information content (AvgIpc) is 2.62. The zero-order valence-corrected chi connectivity index (χ0v) is 9.59. The number of fused-ring (bicyclic) bond motifs is 6. The molecule has 2 heteroatoms. The Balaban J connectivity index is 1.88. The number of carbonyl (C=O) groups excluding carboxylic acids is 1. The van der Waals surface area contributed by atoms with Crippen molar-refractivity contribution in [3.05, 3.63) is 0 Å². The summed E-state index contributed by atoms with van der Waals surface area (Å²) in [4.78, 5) is 11.4. The van der Waals surface area contributed by atoms with Gasteiger partial charge in [-0.2, -0.15) is 0 Å². The zero-order valence-electron chi connectivity index (χ0n) is 9.59. The molecule has 1 N–H and O–H groups in total. The van der Waals surface area contributed by atoms with Crippen LogP contribution in [-0.4, -0.2) is 11.4 Å². The summed E-state index contributed by atoms with van der Waals surface area (Å²) in [6, 6.07) is 0. The highest BCUT2D eigenvalue weighted by molar-refractivity contribution is 5.74. The van der Waals surface area contributed by atoms with Gasteiger partial charge in [-0.05, 0) is 49.9 Å². The molecule has 0 heterocycles. The van der Waals surface area contributed by atoms with E-state index in [1.807, 2.05) is 0 Å². The van der Waals surface area contributed by atoms with Crippen LogP contribution in [0.5, 0.6) is 0 Å². The van der Waals surface area contributed by atoms with Gasteiger partial charge in [-0.15, -0.1) is 0 Å². The first-order valence-electron chi connectivity index (χ1n) is 6.48. The van der Waals surface area contributed by atoms with Crippen LogP contribution in [0.2, 0.25) is 0 Å². The average molecular weight is 207 g/mol. The Hall–Kier alpha value is -0.530. The molecular weight excluding hydrogens is 186 g/mol. The second-order valence-electron chi connectivity index (χ2n) is 5.96. The lowest BCUT2D eigenvalue weighted by atomic mass is 9.61. The number of amides is 1. The van der Waals surface area contributed by atoms with Gasteiger partial charge in [0.15, 0.2) is 0 Å². The van der Waals surface area contributed by atoms with Crippen molar-refractivity contribution >= 4 is 5.91 Å². The van der Waals surface area contributed by atoms with Crippen LogP contribution in [0.4, 0.5) is 0 Å². The molecule has 3 aliphatic carbocycles. The SMILES string of the molecule is CC(=O)NC12CCCC(C1)C1CCC2C1. The molecule has 2 nitrogen and oxygen atoms in total. The molecule has 3 rings (SSSR count). The monoisotopic (exact) mass is 207 g/mol. The van der Waals surface area contributed by atoms with Crippen LogP contribution in [-0.2, 0) is 4.79 Å². The van der Waals surface area contributed by atoms with Gasteiger partial charge >= 0.3 is 0 Å². The minimum Gasteiger partial charge on any atom is -0.351 e. The van der Waals surface area contributed by atoms with Crippen molar-refractivity contribution in [1.29, 1.82) is 0 Å². The van der Waals surface area contributed by atoms with Crippen LogP contribution in [0.1, 0.15) is 51.9 Å². The molecule has 3 saturated carbocycles. The van der Waals surface area contributed by atoms with E-state index in [9.17, 15) is 4.79 Å². The highest BCUT2D eigenvalue weighted by Gasteiger charge is 2.52. The van der Waals surface area contributed by atoms with E-state index in [-0.39, 0.29) is 11.4 Å². The Labute approximate surface area is 91.8 Å². The molecule has 4 bridgehead atoms. The fourth-order valence-electron chi connectivity index (χ4n) is 4.64. The summed E-state index contributed by atoms with van der Waals surface area (Å²) in [5, 5.41) is 3.32. The van der Waals surface area contributed by atoms with E-state index in [4.69, 9.17) is 0 Å². The summed E-state index contributed by atoms with van der Waals surface area (Å²) in [6.45, 7) is 1.68. The normalized spacial score (nSPS) is 47.7. The summed E-state index contributed by atoms with van der Waals surface area (Å²) < 4.78 is 0. The second-order valence-corrected chi connectivity index (χ2v) is 5.96. The van der Waals surface area contributed by atoms with Gasteiger partial charge in [0.05, 0.1) is 0 Å². The van der Waals surface area contributed by atoms with Crippen molar-refractivity contribution < 1.29 is 4.79 Å². The van der Waals surface area contributed by atoms with Gasteiger partial charge in [-0.3, -0.25) is 4.79 Å². The molecule has 4 unspecified atom stereocenters. The maximum atomic E-state index is 11.4. The lowest BCUT2D eigenvalue weighted by molar-refractivity contribution is -0.123. The van der Waals surface area contributed by atoms with Gasteiger partial charge in [-0.25, -0.2) is 0 Å². The first-order chi connectivity index (χ1) is 7.20. The van der Waals surface area contributed by atoms with Crippen molar-refractivity contribution in [2.45, 2.75) is 57.4 Å². The maximum Gasteiger partial charge on any atom is 0.217 e. The molecule has 15 heavy (non-hydrogen) atoms. The van der Waals surface area contributed by atoms with E-state index in [2.05, 4.69) is 5.32 Å². The predicted octanol–water partition coefficient (Wildman–Crippen LogP) is 2.48. The topological polar surface area (TPSA) is 29.1 Å². The fourth-order valence-corrected chi connectivity index (χ4v) is 4.64. The smallest absolute Gasteiger partial charge is 0.217 e. The van der Waals surface area contributed by atoms with E-state index in [0.717, 1.165) is 17.8 Å². The third kappa shape index (κ3) is 1.41. The van der Waals surface area contributed by atoms with Gasteiger partial charge in [0.1, 0.15) is 0 Å². The summed E-state index contributed by atoms with van der Waals surface area (Å²) in [5.74, 6) is 2.89. The van der Waals surface area contributed by atoms with Crippen molar-refractivity contribution in [1.82, 2.24) is 5.32 Å². The third-order valence-electron chi connectivity index (χ3n) is 5.17. The van der Waals surface area contributed by atoms with Crippen molar-refractivity contribution in [3.63, 3.8) is 0 Å². The molecule has 3 fully saturated rings. The molecule has 0 spiro atoms. The minimum atomic E-state index is 0.181. The first kappa shape index (κ1) is 9.68. The van der Waals surface area contributed by atoms with E-state index in [1.54, 1.807) is 6.92 Å². The maximum absolute atomic E-state index is 11.4. The number of hydrogen-bond acceptors (Lipinski definition) is 1. The lowest BCUT2D eigenvalue weighted by Gasteiger charge is -2.50. The molecular formula is C13H21NO. The quantitative estimate of drug-likeness (QED) is 0.703. The number of nitrogens with one attached hydrogen (secondary N) is 1. The van der Waals surface area contributed by atoms with Gasteiger partial charge in [0.2, 0.25) is 5.91 Å². The summed E-state index contributed by atoms with van der Waals surface area (Å²) in [5.41, 5.74) is 0.210. The summed E-state index contributed by atoms with van der Waals surface area (Å²) >= 11 is 0. The molecule has 1 amide bonds. The standard InChI is InChI=1S/C13H21NO/c1-9(15)14-13-6-2-3-11(8-13)10-4-5-12(13)7-10/h10-12H,2-8H2,1H3,(H,14,15). The van der Waals surface area contributed by atoms with Crippen molar-refractivity contribution in [3.8, 4) is 0 Å². The molecule has 0 aromatic carbocycles. The van der Waals surface area contributed by atoms with Gasteiger partial charge in [0.25, 0.3) is 0 Å². The third-order valence-corrected chi connectivity index (χ3v) is 5.17. The van der Waals surface area contributed by atoms with Crippen LogP contribution < -0.4 is 5.32 Å². The number of hydrogen-bond donors (Lipinski definition) is 1. The first-order valence-corrected chi connectivity index (χ1v) is 6.48. The largest absolute Gasteiger partial charge is 0.351 e. The van der Waals surface area contributed by atoms with Gasteiger partial charge in [0, 0.05) is 12.5 Å². The van der Waals surface area contributed by atoms with Gasteiger partial charge < -0.3 is 5.32 Å². The van der Waals surface area contributed by atoms with Crippen LogP contribution >= 0.6 is 0 Å². The second kappa shape index (κ2) is 3.23. The van der Waals surface area contributed by atoms with Crippen LogP contribution in [0.3, 0.4) is 0 Å². The predicted molar refractivity (Wildman–Crippen MR) is 59.3 cm³/mol. The number of rotatable bonds is 1. The lowest BCUT2D eigenvalue weighted by Crippen LogP contribution is -2.57. The molecule has 0 aromatic heterocycles. The molecule has 0 aromatic rings. The van der Waals surface area contributed by atoms with Crippen LogP contribution in [0.15, 0.2) is 0 Å². The highest BCUT2D eigenvalue weighted by Crippen LogP contribution is 2.56. The highest BCUT2D eigenvalue weighted by atomic mass is 16.1. The Kier molecular flexibility index (Phi) is 2.08. The van der Waals surface area contributed by atoms with Crippen molar-refractivity contribution in [2.24, 2.45) is 17.8 Å². The molecule has 4 atom stereocenters. The van der Waals surface area contributed by atoms with Crippen molar-refractivity contribution in [2.75, 3.05) is 0 Å². The Bertz CT molecular complexity index is 288.